The molecule has 23 heavy (non-hydrogen) atoms. The van der Waals surface area contributed by atoms with E-state index in [0.717, 1.165) is 17.1 Å². The Morgan fingerprint density at radius 3 is 2.74 bits per heavy atom. The topological polar surface area (TPSA) is 85.6 Å². The molecule has 1 heterocycles. The molecule has 0 saturated carbocycles. The van der Waals surface area contributed by atoms with Gasteiger partial charge in [-0.2, -0.15) is 4.99 Å². The second-order valence-corrected chi connectivity index (χ2v) is 8.19. The van der Waals surface area contributed by atoms with Crippen molar-refractivity contribution >= 4 is 54.0 Å². The number of nitrogens with zero attached hydrogens (tertiary/aromatic N) is 2. The number of carbonyl (C=O) groups excluding carboxylic acids is 2. The molecule has 0 bridgehead atoms. The molecule has 0 aliphatic carbocycles. The SMILES string of the molecule is C=CCn1c(=NC(=O)CS(=O)(=O)C(C)=O)sc2cc(Cl)ccc21. The Bertz CT molecular complexity index is 970. The number of fused-ring (bicyclic) bond motifs is 1. The highest BCUT2D eigenvalue weighted by Crippen LogP contribution is 2.21. The predicted octanol–water partition coefficient (Wildman–Crippen LogP) is 1.93. The number of sulfone groups is 1. The van der Waals surface area contributed by atoms with Gasteiger partial charge in [0, 0.05) is 18.5 Å². The van der Waals surface area contributed by atoms with Gasteiger partial charge >= 0.3 is 0 Å². The maximum atomic E-state index is 11.9. The van der Waals surface area contributed by atoms with Crippen LogP contribution >= 0.6 is 22.9 Å². The van der Waals surface area contributed by atoms with Crippen molar-refractivity contribution < 1.29 is 18.0 Å². The summed E-state index contributed by atoms with van der Waals surface area (Å²) in [7, 11) is -4.11. The summed E-state index contributed by atoms with van der Waals surface area (Å²) in [5.41, 5.74) is 0.806. The van der Waals surface area contributed by atoms with Crippen LogP contribution in [-0.4, -0.2) is 29.8 Å². The first-order valence-corrected chi connectivity index (χ1v) is 9.30. The van der Waals surface area contributed by atoms with Crippen molar-refractivity contribution in [1.29, 1.82) is 0 Å². The van der Waals surface area contributed by atoms with Crippen LogP contribution in [0.1, 0.15) is 6.92 Å². The van der Waals surface area contributed by atoms with Crippen LogP contribution in [0.2, 0.25) is 5.02 Å². The van der Waals surface area contributed by atoms with Crippen molar-refractivity contribution in [1.82, 2.24) is 4.57 Å². The maximum Gasteiger partial charge on any atom is 0.264 e. The highest BCUT2D eigenvalue weighted by Gasteiger charge is 2.21. The Kier molecular flexibility index (Phi) is 5.18. The molecule has 1 aromatic carbocycles. The first-order chi connectivity index (χ1) is 10.7. The van der Waals surface area contributed by atoms with Gasteiger partial charge in [0.2, 0.25) is 15.0 Å². The molecule has 2 rings (SSSR count). The first-order valence-electron chi connectivity index (χ1n) is 6.45. The summed E-state index contributed by atoms with van der Waals surface area (Å²) in [4.78, 5) is 27.0. The Morgan fingerprint density at radius 2 is 2.13 bits per heavy atom. The summed E-state index contributed by atoms with van der Waals surface area (Å²) in [5, 5.41) is -0.510. The fraction of sp³-hybridized carbons (Fsp3) is 0.214. The van der Waals surface area contributed by atoms with Crippen LogP contribution < -0.4 is 4.80 Å². The number of benzene rings is 1. The lowest BCUT2D eigenvalue weighted by molar-refractivity contribution is -0.116. The van der Waals surface area contributed by atoms with E-state index in [4.69, 9.17) is 11.6 Å². The zero-order chi connectivity index (χ0) is 17.2. The van der Waals surface area contributed by atoms with E-state index in [2.05, 4.69) is 11.6 Å². The van der Waals surface area contributed by atoms with E-state index >= 15 is 0 Å². The fourth-order valence-electron chi connectivity index (χ4n) is 1.84. The van der Waals surface area contributed by atoms with Crippen molar-refractivity contribution in [3.05, 3.63) is 40.7 Å². The Balaban J connectivity index is 2.53. The quantitative estimate of drug-likeness (QED) is 0.767. The molecule has 6 nitrogen and oxygen atoms in total. The Hall–Kier alpha value is -1.77. The van der Waals surface area contributed by atoms with Crippen LogP contribution in [0.25, 0.3) is 10.2 Å². The molecule has 2 aromatic rings. The number of rotatable bonds is 4. The zero-order valence-corrected chi connectivity index (χ0v) is 14.5. The Morgan fingerprint density at radius 1 is 1.43 bits per heavy atom. The molecule has 0 fully saturated rings. The summed E-state index contributed by atoms with van der Waals surface area (Å²) in [6.45, 7) is 4.95. The number of allylic oxidation sites excluding steroid dienone is 1. The van der Waals surface area contributed by atoms with Gasteiger partial charge in [0.15, 0.2) is 4.80 Å². The van der Waals surface area contributed by atoms with Crippen molar-refractivity contribution in [2.24, 2.45) is 4.99 Å². The van der Waals surface area contributed by atoms with Crippen molar-refractivity contribution in [3.63, 3.8) is 0 Å². The summed E-state index contributed by atoms with van der Waals surface area (Å²) < 4.78 is 25.5. The normalized spacial score (nSPS) is 12.5. The molecule has 9 heteroatoms. The average Bonchev–Trinajstić information content (AvgIpc) is 2.75. The van der Waals surface area contributed by atoms with Crippen LogP contribution in [0.15, 0.2) is 35.8 Å². The number of thiazole rings is 1. The molecule has 0 radical (unpaired) electrons. The molecular formula is C14H13ClN2O4S2. The van der Waals surface area contributed by atoms with Gasteiger partial charge in [-0.25, -0.2) is 8.42 Å². The van der Waals surface area contributed by atoms with Gasteiger partial charge in [0.05, 0.1) is 10.2 Å². The van der Waals surface area contributed by atoms with Crippen LogP contribution in [0.3, 0.4) is 0 Å². The molecule has 1 aromatic heterocycles. The number of hydrogen-bond donors (Lipinski definition) is 0. The smallest absolute Gasteiger partial charge is 0.264 e. The minimum absolute atomic E-state index is 0.325. The van der Waals surface area contributed by atoms with E-state index in [1.807, 2.05) is 0 Å². The van der Waals surface area contributed by atoms with Gasteiger partial charge in [-0.15, -0.1) is 6.58 Å². The summed E-state index contributed by atoms with van der Waals surface area (Å²) in [6, 6.07) is 5.23. The third kappa shape index (κ3) is 3.95. The highest BCUT2D eigenvalue weighted by atomic mass is 35.5. The van der Waals surface area contributed by atoms with E-state index in [9.17, 15) is 18.0 Å². The molecular weight excluding hydrogens is 360 g/mol. The van der Waals surface area contributed by atoms with Crippen LogP contribution in [-0.2, 0) is 26.0 Å². The molecule has 0 N–H and O–H groups in total. The maximum absolute atomic E-state index is 11.9. The van der Waals surface area contributed by atoms with E-state index in [1.54, 1.807) is 28.8 Å². The molecule has 0 saturated heterocycles. The standard InChI is InChI=1S/C14H13ClN2O4S2/c1-3-6-17-11-5-4-10(15)7-12(11)22-14(17)16-13(19)8-23(20,21)9(2)18/h3-5,7H,1,6,8H2,2H3. The Labute approximate surface area is 141 Å². The van der Waals surface area contributed by atoms with Crippen molar-refractivity contribution in [2.45, 2.75) is 13.5 Å². The molecule has 0 aliphatic rings. The minimum Gasteiger partial charge on any atom is -0.313 e. The summed E-state index contributed by atoms with van der Waals surface area (Å²) in [6.07, 6.45) is 1.64. The first kappa shape index (κ1) is 17.6. The number of hydrogen-bond acceptors (Lipinski definition) is 5. The second-order valence-electron chi connectivity index (χ2n) is 4.65. The third-order valence-corrected chi connectivity index (χ3v) is 5.71. The van der Waals surface area contributed by atoms with Crippen LogP contribution in [0.5, 0.6) is 0 Å². The number of amides is 1. The summed E-state index contributed by atoms with van der Waals surface area (Å²) >= 11 is 7.15. The zero-order valence-electron chi connectivity index (χ0n) is 12.2. The number of halogens is 1. The minimum atomic E-state index is -4.11. The molecule has 122 valence electrons. The third-order valence-electron chi connectivity index (χ3n) is 2.93. The van der Waals surface area contributed by atoms with E-state index in [0.29, 0.717) is 16.4 Å². The van der Waals surface area contributed by atoms with Gasteiger partial charge in [-0.05, 0) is 18.2 Å². The van der Waals surface area contributed by atoms with E-state index in [1.165, 1.54) is 11.3 Å². The van der Waals surface area contributed by atoms with Gasteiger partial charge in [0.1, 0.15) is 5.75 Å². The fourth-order valence-corrected chi connectivity index (χ4v) is 3.77. The van der Waals surface area contributed by atoms with Crippen LogP contribution in [0.4, 0.5) is 0 Å². The second kappa shape index (κ2) is 6.77. The predicted molar refractivity (Wildman–Crippen MR) is 90.1 cm³/mol. The highest BCUT2D eigenvalue weighted by molar-refractivity contribution is 8.06. The van der Waals surface area contributed by atoms with E-state index in [-0.39, 0.29) is 0 Å². The van der Waals surface area contributed by atoms with Gasteiger partial charge in [-0.3, -0.25) is 9.59 Å². The monoisotopic (exact) mass is 372 g/mol. The number of carbonyl (C=O) groups is 2. The molecule has 0 unspecified atom stereocenters. The summed E-state index contributed by atoms with van der Waals surface area (Å²) in [5.74, 6) is -1.83. The average molecular weight is 373 g/mol. The van der Waals surface area contributed by atoms with E-state index < -0.39 is 26.6 Å². The van der Waals surface area contributed by atoms with Crippen molar-refractivity contribution in [3.8, 4) is 0 Å². The van der Waals surface area contributed by atoms with Gasteiger partial charge in [0.25, 0.3) is 5.91 Å². The molecule has 0 spiro atoms. The van der Waals surface area contributed by atoms with Gasteiger partial charge in [-0.1, -0.05) is 29.0 Å². The largest absolute Gasteiger partial charge is 0.313 e. The molecule has 0 atom stereocenters. The number of aromatic nitrogens is 1. The molecule has 1 amide bonds. The lowest BCUT2D eigenvalue weighted by Gasteiger charge is -2.00. The lowest BCUT2D eigenvalue weighted by Crippen LogP contribution is -2.23. The molecule has 0 aliphatic heterocycles. The van der Waals surface area contributed by atoms with Gasteiger partial charge < -0.3 is 4.57 Å². The van der Waals surface area contributed by atoms with Crippen molar-refractivity contribution in [2.75, 3.05) is 5.75 Å². The lowest BCUT2D eigenvalue weighted by atomic mass is 10.3. The van der Waals surface area contributed by atoms with Crippen LogP contribution in [0, 0.1) is 0 Å².